The third-order valence-electron chi connectivity index (χ3n) is 1.46. The Morgan fingerprint density at radius 2 is 0.583 bits per heavy atom. The molecular weight excluding hydrogens is 396 g/mol. The van der Waals surface area contributed by atoms with Gasteiger partial charge in [0.05, 0.1) is 0 Å². The Hall–Kier alpha value is 0.991. The predicted octanol–water partition coefficient (Wildman–Crippen LogP) is 4.38. The van der Waals surface area contributed by atoms with E-state index in [0.29, 0.717) is 0 Å². The van der Waals surface area contributed by atoms with Gasteiger partial charge < -0.3 is 53.2 Å². The SMILES string of the molecule is CCCCCCCC.F[B-](F)(F)F.F[B-](F)(F)F.F[B-](F)(F)F.[H-].[K+]. The Kier molecular flexibility index (Phi) is 30.5. The summed E-state index contributed by atoms with van der Waals surface area (Å²) in [5.41, 5.74) is 0. The molecule has 0 bridgehead atoms. The monoisotopic (exact) mass is 415 g/mol. The van der Waals surface area contributed by atoms with Crippen molar-refractivity contribution in [3.8, 4) is 0 Å². The predicted molar refractivity (Wildman–Crippen MR) is 70.7 cm³/mol. The summed E-state index contributed by atoms with van der Waals surface area (Å²) in [6.07, 6.45) is 8.49. The fourth-order valence-electron chi connectivity index (χ4n) is 0.854. The molecule has 16 heteroatoms. The van der Waals surface area contributed by atoms with Gasteiger partial charge in [0.1, 0.15) is 0 Å². The van der Waals surface area contributed by atoms with Gasteiger partial charge in [-0.25, -0.2) is 0 Å². The molecule has 0 radical (unpaired) electrons. The van der Waals surface area contributed by atoms with E-state index in [2.05, 4.69) is 13.8 Å². The molecule has 0 aromatic rings. The van der Waals surface area contributed by atoms with Crippen LogP contribution >= 0.6 is 0 Å². The molecule has 0 atom stereocenters. The van der Waals surface area contributed by atoms with Crippen LogP contribution in [-0.4, -0.2) is 21.8 Å². The van der Waals surface area contributed by atoms with Gasteiger partial charge in [-0.3, -0.25) is 0 Å². The van der Waals surface area contributed by atoms with Gasteiger partial charge in [-0.2, -0.15) is 0 Å². The van der Waals surface area contributed by atoms with Crippen molar-refractivity contribution in [2.75, 3.05) is 0 Å². The van der Waals surface area contributed by atoms with E-state index >= 15 is 0 Å². The van der Waals surface area contributed by atoms with Crippen LogP contribution in [-0.2, 0) is 0 Å². The molecule has 0 N–H and O–H groups in total. The summed E-state index contributed by atoms with van der Waals surface area (Å²) in [7, 11) is -18.0. The van der Waals surface area contributed by atoms with E-state index in [1.807, 2.05) is 0 Å². The summed E-state index contributed by atoms with van der Waals surface area (Å²) in [6.45, 7) is 4.51. The van der Waals surface area contributed by atoms with Crippen LogP contribution in [0.4, 0.5) is 51.8 Å². The minimum Gasteiger partial charge on any atom is -1.00 e. The third-order valence-corrected chi connectivity index (χ3v) is 1.46. The van der Waals surface area contributed by atoms with Gasteiger partial charge in [-0.15, -0.1) is 0 Å². The van der Waals surface area contributed by atoms with Gasteiger partial charge in [0.15, 0.2) is 0 Å². The maximum Gasteiger partial charge on any atom is 1.00 e. The molecule has 0 aromatic heterocycles. The Balaban J connectivity index is -0.0000000481. The van der Waals surface area contributed by atoms with Crippen LogP contribution in [0.3, 0.4) is 0 Å². The third kappa shape index (κ3) is 310. The van der Waals surface area contributed by atoms with E-state index < -0.39 is 21.8 Å². The number of rotatable bonds is 5. The molecule has 0 fully saturated rings. The molecule has 148 valence electrons. The largest absolute Gasteiger partial charge is 1.00 e. The molecule has 0 saturated carbocycles. The van der Waals surface area contributed by atoms with E-state index in [1.165, 1.54) is 38.5 Å². The second-order valence-electron chi connectivity index (χ2n) is 3.90. The molecule has 0 aromatic carbocycles. The average Bonchev–Trinajstić information content (AvgIpc) is 2.17. The normalized spacial score (nSPS) is 10.8. The fourth-order valence-corrected chi connectivity index (χ4v) is 0.854. The summed E-state index contributed by atoms with van der Waals surface area (Å²) in [5.74, 6) is 0. The topological polar surface area (TPSA) is 0 Å². The quantitative estimate of drug-likeness (QED) is 0.356. The molecule has 24 heavy (non-hydrogen) atoms. The first-order valence-electron chi connectivity index (χ1n) is 6.53. The van der Waals surface area contributed by atoms with Crippen molar-refractivity contribution in [1.29, 1.82) is 0 Å². The van der Waals surface area contributed by atoms with Crippen molar-refractivity contribution in [1.82, 2.24) is 0 Å². The minimum absolute atomic E-state index is 0. The van der Waals surface area contributed by atoms with E-state index in [4.69, 9.17) is 0 Å². The Bertz CT molecular complexity index is 183. The first-order chi connectivity index (χ1) is 9.91. The minimum atomic E-state index is -6.00. The van der Waals surface area contributed by atoms with Crippen LogP contribution in [0.1, 0.15) is 53.8 Å². The van der Waals surface area contributed by atoms with E-state index in [0.717, 1.165) is 0 Å². The smallest absolute Gasteiger partial charge is 1.00 e. The second-order valence-corrected chi connectivity index (χ2v) is 3.90. The van der Waals surface area contributed by atoms with Crippen molar-refractivity contribution < 1.29 is 105 Å². The van der Waals surface area contributed by atoms with Gasteiger partial charge in [-0.05, 0) is 0 Å². The maximum absolute atomic E-state index is 9.75. The molecule has 0 aliphatic carbocycles. The van der Waals surface area contributed by atoms with Gasteiger partial charge in [-0.1, -0.05) is 52.4 Å². The molecule has 0 rings (SSSR count). The molecule has 0 spiro atoms. The van der Waals surface area contributed by atoms with Crippen LogP contribution < -0.4 is 51.4 Å². The van der Waals surface area contributed by atoms with Crippen LogP contribution in [0.25, 0.3) is 0 Å². The summed E-state index contributed by atoms with van der Waals surface area (Å²) < 4.78 is 117. The average molecular weight is 415 g/mol. The molecule has 0 nitrogen and oxygen atoms in total. The van der Waals surface area contributed by atoms with Crippen molar-refractivity contribution in [2.24, 2.45) is 0 Å². The zero-order chi connectivity index (χ0) is 19.7. The summed E-state index contributed by atoms with van der Waals surface area (Å²) >= 11 is 0. The molecule has 0 aliphatic heterocycles. The zero-order valence-corrected chi connectivity index (χ0v) is 16.6. The van der Waals surface area contributed by atoms with Gasteiger partial charge in [0.2, 0.25) is 0 Å². The Morgan fingerprint density at radius 3 is 0.667 bits per heavy atom. The maximum atomic E-state index is 9.75. The molecule has 0 saturated heterocycles. The van der Waals surface area contributed by atoms with Gasteiger partial charge in [0.25, 0.3) is 0 Å². The fraction of sp³-hybridized carbons (Fsp3) is 1.00. The Labute approximate surface area is 177 Å². The number of halogens is 12. The van der Waals surface area contributed by atoms with Crippen LogP contribution in [0.2, 0.25) is 0 Å². The summed E-state index contributed by atoms with van der Waals surface area (Å²) in [4.78, 5) is 0. The number of unbranched alkanes of at least 4 members (excludes halogenated alkanes) is 5. The van der Waals surface area contributed by atoms with Crippen molar-refractivity contribution in [3.63, 3.8) is 0 Å². The summed E-state index contributed by atoms with van der Waals surface area (Å²) in [5, 5.41) is 0. The standard InChI is InChI=1S/C8H18.3BF4.K.H/c1-3-5-7-8-6-4-2;3*2-1(3,4)5;;/h3-8H2,1-2H3;;;;;/q;3*-1;+1;-1. The van der Waals surface area contributed by atoms with Crippen molar-refractivity contribution >= 4 is 21.8 Å². The van der Waals surface area contributed by atoms with E-state index in [9.17, 15) is 51.8 Å². The molecule has 0 amide bonds. The second kappa shape index (κ2) is 20.3. The molecule has 0 unspecified atom stereocenters. The van der Waals surface area contributed by atoms with Crippen LogP contribution in [0, 0.1) is 0 Å². The van der Waals surface area contributed by atoms with Gasteiger partial charge in [0, 0.05) is 0 Å². The van der Waals surface area contributed by atoms with Crippen LogP contribution in [0.5, 0.6) is 0 Å². The summed E-state index contributed by atoms with van der Waals surface area (Å²) in [6, 6.07) is 0. The van der Waals surface area contributed by atoms with E-state index in [-0.39, 0.29) is 52.8 Å². The van der Waals surface area contributed by atoms with Crippen molar-refractivity contribution in [3.05, 3.63) is 0 Å². The first-order valence-corrected chi connectivity index (χ1v) is 6.53. The van der Waals surface area contributed by atoms with E-state index in [1.54, 1.807) is 0 Å². The molecule has 0 aliphatic rings. The molecular formula is C8H19B3F12K-3. The first kappa shape index (κ1) is 36.0. The van der Waals surface area contributed by atoms with Crippen molar-refractivity contribution in [2.45, 2.75) is 52.4 Å². The van der Waals surface area contributed by atoms with Crippen LogP contribution in [0.15, 0.2) is 0 Å². The van der Waals surface area contributed by atoms with Gasteiger partial charge >= 0.3 is 73.1 Å². The molecule has 0 heterocycles. The Morgan fingerprint density at radius 1 is 0.458 bits per heavy atom. The number of hydrogen-bond acceptors (Lipinski definition) is 0. The zero-order valence-electron chi connectivity index (χ0n) is 14.5. The number of hydrogen-bond donors (Lipinski definition) is 0.